The first-order valence-electron chi connectivity index (χ1n) is 4.98. The van der Waals surface area contributed by atoms with Gasteiger partial charge in [0.2, 0.25) is 5.91 Å². The molecule has 0 spiro atoms. The lowest BCUT2D eigenvalue weighted by Gasteiger charge is -2.30. The van der Waals surface area contributed by atoms with Crippen LogP contribution in [0.3, 0.4) is 0 Å². The number of anilines is 1. The number of thioether (sulfide) groups is 1. The van der Waals surface area contributed by atoms with Crippen molar-refractivity contribution in [3.8, 4) is 0 Å². The highest BCUT2D eigenvalue weighted by atomic mass is 32.2. The highest BCUT2D eigenvalue weighted by molar-refractivity contribution is 8.01. The Hall–Kier alpha value is -1.56. The molecule has 1 fully saturated rings. The van der Waals surface area contributed by atoms with Crippen LogP contribution in [0.2, 0.25) is 0 Å². The Morgan fingerprint density at radius 3 is 2.94 bits per heavy atom. The lowest BCUT2D eigenvalue weighted by atomic mass is 10.2. The first kappa shape index (κ1) is 11.9. The molecule has 6 heteroatoms. The van der Waals surface area contributed by atoms with Crippen molar-refractivity contribution in [1.82, 2.24) is 0 Å². The molecule has 1 heterocycles. The summed E-state index contributed by atoms with van der Waals surface area (Å²) in [5, 5.41) is 8.25. The lowest BCUT2D eigenvalue weighted by Crippen LogP contribution is -2.45. The summed E-state index contributed by atoms with van der Waals surface area (Å²) < 4.78 is 13.0. The predicted molar refractivity (Wildman–Crippen MR) is 62.6 cm³/mol. The summed E-state index contributed by atoms with van der Waals surface area (Å²) in [4.78, 5) is 23.9. The second-order valence-corrected chi connectivity index (χ2v) is 4.81. The summed E-state index contributed by atoms with van der Waals surface area (Å²) in [6.07, 6.45) is 0. The highest BCUT2D eigenvalue weighted by Gasteiger charge is 2.31. The van der Waals surface area contributed by atoms with Crippen molar-refractivity contribution < 1.29 is 19.1 Å². The first-order chi connectivity index (χ1) is 8.08. The number of aliphatic carboxylic acids is 1. The van der Waals surface area contributed by atoms with Gasteiger partial charge in [0.25, 0.3) is 0 Å². The molecule has 90 valence electrons. The molecule has 1 aliphatic rings. The van der Waals surface area contributed by atoms with Gasteiger partial charge in [0.15, 0.2) is 0 Å². The number of amides is 1. The Bertz CT molecular complexity index is 466. The number of rotatable bonds is 2. The van der Waals surface area contributed by atoms with E-state index >= 15 is 0 Å². The van der Waals surface area contributed by atoms with Crippen molar-refractivity contribution in [2.45, 2.75) is 5.25 Å². The van der Waals surface area contributed by atoms with Gasteiger partial charge in [-0.2, -0.15) is 0 Å². The van der Waals surface area contributed by atoms with Crippen LogP contribution in [-0.4, -0.2) is 34.5 Å². The Labute approximate surface area is 101 Å². The second-order valence-electron chi connectivity index (χ2n) is 3.62. The summed E-state index contributed by atoms with van der Waals surface area (Å²) in [7, 11) is 0. The molecule has 1 saturated heterocycles. The van der Waals surface area contributed by atoms with E-state index in [1.54, 1.807) is 6.07 Å². The SMILES string of the molecule is O=C(O)C1CN(c2cccc(F)c2)C(=O)CS1. The van der Waals surface area contributed by atoms with Crippen molar-refractivity contribution >= 4 is 29.3 Å². The predicted octanol–water partition coefficient (Wildman–Crippen LogP) is 1.36. The average molecular weight is 255 g/mol. The Morgan fingerprint density at radius 2 is 2.29 bits per heavy atom. The fourth-order valence-corrected chi connectivity index (χ4v) is 2.51. The molecule has 1 amide bonds. The number of carboxylic acids is 1. The fraction of sp³-hybridized carbons (Fsp3) is 0.273. The minimum absolute atomic E-state index is 0.0717. The van der Waals surface area contributed by atoms with E-state index in [9.17, 15) is 14.0 Å². The molecule has 1 aliphatic heterocycles. The summed E-state index contributed by atoms with van der Waals surface area (Å²) >= 11 is 1.10. The third kappa shape index (κ3) is 2.58. The zero-order valence-corrected chi connectivity index (χ0v) is 9.61. The number of hydrogen-bond donors (Lipinski definition) is 1. The topological polar surface area (TPSA) is 57.6 Å². The zero-order valence-electron chi connectivity index (χ0n) is 8.80. The first-order valence-corrected chi connectivity index (χ1v) is 6.03. The number of nitrogens with zero attached hydrogens (tertiary/aromatic N) is 1. The smallest absolute Gasteiger partial charge is 0.318 e. The third-order valence-electron chi connectivity index (χ3n) is 2.45. The van der Waals surface area contributed by atoms with Gasteiger partial charge in [-0.1, -0.05) is 6.07 Å². The molecule has 0 saturated carbocycles. The van der Waals surface area contributed by atoms with Crippen LogP contribution in [0.5, 0.6) is 0 Å². The number of carbonyl (C=O) groups is 2. The third-order valence-corrected chi connectivity index (χ3v) is 3.62. The molecule has 0 bridgehead atoms. The summed E-state index contributed by atoms with van der Waals surface area (Å²) in [6, 6.07) is 5.60. The Kier molecular flexibility index (Phi) is 3.33. The van der Waals surface area contributed by atoms with Crippen molar-refractivity contribution in [2.24, 2.45) is 0 Å². The molecular formula is C11H10FNO3S. The van der Waals surface area contributed by atoms with Gasteiger partial charge in [-0.3, -0.25) is 9.59 Å². The van der Waals surface area contributed by atoms with Crippen LogP contribution in [0.1, 0.15) is 0 Å². The fourth-order valence-electron chi connectivity index (χ4n) is 1.61. The van der Waals surface area contributed by atoms with E-state index in [0.717, 1.165) is 11.8 Å². The lowest BCUT2D eigenvalue weighted by molar-refractivity contribution is -0.136. The normalized spacial score (nSPS) is 20.4. The maximum Gasteiger partial charge on any atom is 0.318 e. The number of carbonyl (C=O) groups excluding carboxylic acids is 1. The minimum atomic E-state index is -0.955. The maximum atomic E-state index is 13.0. The van der Waals surface area contributed by atoms with E-state index in [1.807, 2.05) is 0 Å². The maximum absolute atomic E-state index is 13.0. The van der Waals surface area contributed by atoms with Gasteiger partial charge in [-0.25, -0.2) is 4.39 Å². The second kappa shape index (κ2) is 4.75. The summed E-state index contributed by atoms with van der Waals surface area (Å²) in [5.74, 6) is -1.49. The van der Waals surface area contributed by atoms with Crippen LogP contribution in [0, 0.1) is 5.82 Å². The molecule has 1 N–H and O–H groups in total. The van der Waals surface area contributed by atoms with E-state index in [0.29, 0.717) is 5.69 Å². The number of carboxylic acid groups (broad SMARTS) is 1. The van der Waals surface area contributed by atoms with Crippen molar-refractivity contribution in [3.05, 3.63) is 30.1 Å². The van der Waals surface area contributed by atoms with E-state index in [2.05, 4.69) is 0 Å². The highest BCUT2D eigenvalue weighted by Crippen LogP contribution is 2.25. The van der Waals surface area contributed by atoms with Gasteiger partial charge < -0.3 is 10.0 Å². The quantitative estimate of drug-likeness (QED) is 0.867. The molecule has 0 aliphatic carbocycles. The van der Waals surface area contributed by atoms with Crippen molar-refractivity contribution in [2.75, 3.05) is 17.2 Å². The zero-order chi connectivity index (χ0) is 12.4. The van der Waals surface area contributed by atoms with E-state index in [4.69, 9.17) is 5.11 Å². The molecule has 1 aromatic rings. The van der Waals surface area contributed by atoms with Crippen LogP contribution >= 0.6 is 11.8 Å². The molecule has 1 atom stereocenters. The molecule has 0 aromatic heterocycles. The van der Waals surface area contributed by atoms with E-state index in [1.165, 1.54) is 23.1 Å². The minimum Gasteiger partial charge on any atom is -0.480 e. The van der Waals surface area contributed by atoms with Crippen molar-refractivity contribution in [3.63, 3.8) is 0 Å². The van der Waals surface area contributed by atoms with Crippen LogP contribution in [0.25, 0.3) is 0 Å². The molecular weight excluding hydrogens is 245 g/mol. The van der Waals surface area contributed by atoms with Gasteiger partial charge in [-0.15, -0.1) is 11.8 Å². The molecule has 1 unspecified atom stereocenters. The van der Waals surface area contributed by atoms with Crippen LogP contribution in [0.15, 0.2) is 24.3 Å². The van der Waals surface area contributed by atoms with Crippen LogP contribution < -0.4 is 4.90 Å². The molecule has 4 nitrogen and oxygen atoms in total. The molecule has 1 aromatic carbocycles. The largest absolute Gasteiger partial charge is 0.480 e. The number of halogens is 1. The molecule has 17 heavy (non-hydrogen) atoms. The van der Waals surface area contributed by atoms with Crippen LogP contribution in [0.4, 0.5) is 10.1 Å². The van der Waals surface area contributed by atoms with Crippen molar-refractivity contribution in [1.29, 1.82) is 0 Å². The summed E-state index contributed by atoms with van der Waals surface area (Å²) in [6.45, 7) is 0.0717. The standard InChI is InChI=1S/C11H10FNO3S/c12-7-2-1-3-8(4-7)13-5-9(11(15)16)17-6-10(13)14/h1-4,9H,5-6H2,(H,15,16). The van der Waals surface area contributed by atoms with E-state index in [-0.39, 0.29) is 18.2 Å². The Balaban J connectivity index is 2.23. The number of hydrogen-bond acceptors (Lipinski definition) is 3. The van der Waals surface area contributed by atoms with Gasteiger partial charge in [0, 0.05) is 12.2 Å². The molecule has 0 radical (unpaired) electrons. The van der Waals surface area contributed by atoms with Gasteiger partial charge in [0.05, 0.1) is 5.75 Å². The van der Waals surface area contributed by atoms with Crippen LogP contribution in [-0.2, 0) is 9.59 Å². The number of benzene rings is 1. The molecule has 2 rings (SSSR count). The monoisotopic (exact) mass is 255 g/mol. The summed E-state index contributed by atoms with van der Waals surface area (Å²) in [5.41, 5.74) is 0.404. The van der Waals surface area contributed by atoms with Gasteiger partial charge >= 0.3 is 5.97 Å². The van der Waals surface area contributed by atoms with Gasteiger partial charge in [-0.05, 0) is 18.2 Å². The Morgan fingerprint density at radius 1 is 1.53 bits per heavy atom. The van der Waals surface area contributed by atoms with Gasteiger partial charge in [0.1, 0.15) is 11.1 Å². The van der Waals surface area contributed by atoms with E-state index < -0.39 is 17.0 Å². The average Bonchev–Trinajstić information content (AvgIpc) is 2.29.